The lowest BCUT2D eigenvalue weighted by Gasteiger charge is -2.03. The van der Waals surface area contributed by atoms with Crippen molar-refractivity contribution in [1.29, 1.82) is 0 Å². The third-order valence-electron chi connectivity index (χ3n) is 2.43. The Morgan fingerprint density at radius 3 is 2.88 bits per heavy atom. The summed E-state index contributed by atoms with van der Waals surface area (Å²) in [6, 6.07) is 10.3. The molecule has 1 N–H and O–H groups in total. The summed E-state index contributed by atoms with van der Waals surface area (Å²) >= 11 is 11.4. The summed E-state index contributed by atoms with van der Waals surface area (Å²) in [6.07, 6.45) is 0. The second-order valence-electron chi connectivity index (χ2n) is 3.65. The Morgan fingerprint density at radius 1 is 1.29 bits per heavy atom. The van der Waals surface area contributed by atoms with E-state index in [1.165, 1.54) is 9.75 Å². The van der Waals surface area contributed by atoms with Gasteiger partial charge in [0.25, 0.3) is 0 Å². The molecular weight excluding hydrogens is 318 g/mol. The summed E-state index contributed by atoms with van der Waals surface area (Å²) in [5.41, 5.74) is 1.16. The highest BCUT2D eigenvalue weighted by molar-refractivity contribution is 9.10. The van der Waals surface area contributed by atoms with Gasteiger partial charge in [-0.1, -0.05) is 30.7 Å². The molecule has 1 heterocycles. The lowest BCUT2D eigenvalue weighted by atomic mass is 10.2. The van der Waals surface area contributed by atoms with Crippen LogP contribution in [0.3, 0.4) is 0 Å². The zero-order chi connectivity index (χ0) is 12.3. The fraction of sp³-hybridized carbons (Fsp3) is 0.231. The maximum Gasteiger partial charge on any atom is 0.0554 e. The van der Waals surface area contributed by atoms with Crippen LogP contribution in [0.25, 0.3) is 10.4 Å². The van der Waals surface area contributed by atoms with Crippen molar-refractivity contribution in [3.8, 4) is 10.4 Å². The standard InChI is InChI=1S/C13H13BrClNS/c1-2-16-8-9-6-7-12(17-9)10-4-3-5-11(15)13(10)14/h3-7,16H,2,8H2,1H3. The summed E-state index contributed by atoms with van der Waals surface area (Å²) in [4.78, 5) is 2.58. The molecule has 0 fully saturated rings. The molecule has 0 aliphatic rings. The highest BCUT2D eigenvalue weighted by Gasteiger charge is 2.08. The van der Waals surface area contributed by atoms with Crippen molar-refractivity contribution < 1.29 is 0 Å². The van der Waals surface area contributed by atoms with Gasteiger partial charge in [-0.15, -0.1) is 11.3 Å². The van der Waals surface area contributed by atoms with Crippen LogP contribution in [-0.4, -0.2) is 6.54 Å². The average Bonchev–Trinajstić information content (AvgIpc) is 2.78. The minimum absolute atomic E-state index is 0.754. The Morgan fingerprint density at radius 2 is 2.12 bits per heavy atom. The highest BCUT2D eigenvalue weighted by Crippen LogP contribution is 2.37. The molecule has 0 saturated heterocycles. The van der Waals surface area contributed by atoms with Crippen LogP contribution in [0, 0.1) is 0 Å². The van der Waals surface area contributed by atoms with E-state index in [0.717, 1.165) is 28.1 Å². The predicted octanol–water partition coefficient (Wildman–Crippen LogP) is 4.94. The molecule has 0 bridgehead atoms. The van der Waals surface area contributed by atoms with E-state index in [1.54, 1.807) is 11.3 Å². The molecule has 1 aromatic heterocycles. The van der Waals surface area contributed by atoms with Crippen molar-refractivity contribution in [2.24, 2.45) is 0 Å². The van der Waals surface area contributed by atoms with Crippen LogP contribution < -0.4 is 5.32 Å². The Balaban J connectivity index is 2.27. The summed E-state index contributed by atoms with van der Waals surface area (Å²) in [5, 5.41) is 4.08. The molecule has 0 unspecified atom stereocenters. The van der Waals surface area contributed by atoms with Gasteiger partial charge in [-0.3, -0.25) is 0 Å². The van der Waals surface area contributed by atoms with Gasteiger partial charge in [-0.25, -0.2) is 0 Å². The predicted molar refractivity (Wildman–Crippen MR) is 79.8 cm³/mol. The lowest BCUT2D eigenvalue weighted by molar-refractivity contribution is 0.735. The smallest absolute Gasteiger partial charge is 0.0554 e. The van der Waals surface area contributed by atoms with Gasteiger partial charge in [-0.2, -0.15) is 0 Å². The fourth-order valence-corrected chi connectivity index (χ4v) is 3.35. The van der Waals surface area contributed by atoms with Crippen LogP contribution in [0.15, 0.2) is 34.8 Å². The number of hydrogen-bond acceptors (Lipinski definition) is 2. The molecule has 0 amide bonds. The van der Waals surface area contributed by atoms with Crippen LogP contribution in [0.5, 0.6) is 0 Å². The van der Waals surface area contributed by atoms with Crippen molar-refractivity contribution in [3.63, 3.8) is 0 Å². The molecule has 0 radical (unpaired) electrons. The van der Waals surface area contributed by atoms with E-state index in [9.17, 15) is 0 Å². The third kappa shape index (κ3) is 3.10. The van der Waals surface area contributed by atoms with Crippen LogP contribution in [0.2, 0.25) is 5.02 Å². The minimum atomic E-state index is 0.754. The van der Waals surface area contributed by atoms with Gasteiger partial charge in [0.1, 0.15) is 0 Å². The molecule has 0 aliphatic heterocycles. The molecule has 17 heavy (non-hydrogen) atoms. The van der Waals surface area contributed by atoms with Crippen molar-refractivity contribution >= 4 is 38.9 Å². The maximum absolute atomic E-state index is 6.10. The van der Waals surface area contributed by atoms with Crippen LogP contribution in [0.4, 0.5) is 0 Å². The molecule has 1 nitrogen and oxygen atoms in total. The number of halogens is 2. The Kier molecular flexibility index (Phi) is 4.62. The van der Waals surface area contributed by atoms with E-state index in [4.69, 9.17) is 11.6 Å². The molecule has 2 rings (SSSR count). The maximum atomic E-state index is 6.10. The topological polar surface area (TPSA) is 12.0 Å². The molecule has 0 spiro atoms. The number of benzene rings is 1. The molecule has 0 saturated carbocycles. The van der Waals surface area contributed by atoms with E-state index in [2.05, 4.69) is 46.4 Å². The van der Waals surface area contributed by atoms with Crippen LogP contribution in [0.1, 0.15) is 11.8 Å². The van der Waals surface area contributed by atoms with Crippen molar-refractivity contribution in [3.05, 3.63) is 44.7 Å². The highest BCUT2D eigenvalue weighted by atomic mass is 79.9. The van der Waals surface area contributed by atoms with Gasteiger partial charge in [0.05, 0.1) is 5.02 Å². The van der Waals surface area contributed by atoms with Gasteiger partial charge in [0.2, 0.25) is 0 Å². The normalized spacial score (nSPS) is 10.8. The summed E-state index contributed by atoms with van der Waals surface area (Å²) in [7, 11) is 0. The zero-order valence-electron chi connectivity index (χ0n) is 9.47. The number of hydrogen-bond donors (Lipinski definition) is 1. The molecule has 2 aromatic rings. The average molecular weight is 331 g/mol. The molecule has 0 aliphatic carbocycles. The second kappa shape index (κ2) is 6.01. The van der Waals surface area contributed by atoms with Crippen LogP contribution >= 0.6 is 38.9 Å². The first-order valence-electron chi connectivity index (χ1n) is 5.46. The Labute approximate surface area is 119 Å². The Bertz CT molecular complexity index is 510. The first-order valence-corrected chi connectivity index (χ1v) is 7.45. The monoisotopic (exact) mass is 329 g/mol. The quantitative estimate of drug-likeness (QED) is 0.837. The third-order valence-corrected chi connectivity index (χ3v) is 4.94. The lowest BCUT2D eigenvalue weighted by Crippen LogP contribution is -2.10. The Hall–Kier alpha value is -0.350. The molecule has 0 atom stereocenters. The van der Waals surface area contributed by atoms with Crippen molar-refractivity contribution in [2.45, 2.75) is 13.5 Å². The molecule has 90 valence electrons. The number of rotatable bonds is 4. The van der Waals surface area contributed by atoms with Crippen molar-refractivity contribution in [1.82, 2.24) is 5.32 Å². The number of nitrogens with one attached hydrogen (secondary N) is 1. The van der Waals surface area contributed by atoms with Gasteiger partial charge in [0.15, 0.2) is 0 Å². The van der Waals surface area contributed by atoms with E-state index in [0.29, 0.717) is 0 Å². The van der Waals surface area contributed by atoms with E-state index >= 15 is 0 Å². The van der Waals surface area contributed by atoms with E-state index in [1.807, 2.05) is 12.1 Å². The van der Waals surface area contributed by atoms with Crippen molar-refractivity contribution in [2.75, 3.05) is 6.54 Å². The summed E-state index contributed by atoms with van der Waals surface area (Å²) in [5.74, 6) is 0. The van der Waals surface area contributed by atoms with Gasteiger partial charge in [-0.05, 0) is 40.7 Å². The van der Waals surface area contributed by atoms with E-state index in [-0.39, 0.29) is 0 Å². The first kappa shape index (κ1) is 13.1. The molecular formula is C13H13BrClNS. The fourth-order valence-electron chi connectivity index (χ4n) is 1.56. The number of thiophene rings is 1. The van der Waals surface area contributed by atoms with E-state index < -0.39 is 0 Å². The summed E-state index contributed by atoms with van der Waals surface area (Å²) in [6.45, 7) is 4.04. The minimum Gasteiger partial charge on any atom is -0.312 e. The summed E-state index contributed by atoms with van der Waals surface area (Å²) < 4.78 is 0.971. The second-order valence-corrected chi connectivity index (χ2v) is 6.02. The molecule has 1 aromatic carbocycles. The largest absolute Gasteiger partial charge is 0.312 e. The van der Waals surface area contributed by atoms with Crippen LogP contribution in [-0.2, 0) is 6.54 Å². The van der Waals surface area contributed by atoms with Gasteiger partial charge in [0, 0.05) is 26.3 Å². The van der Waals surface area contributed by atoms with Gasteiger partial charge < -0.3 is 5.32 Å². The zero-order valence-corrected chi connectivity index (χ0v) is 12.6. The SMILES string of the molecule is CCNCc1ccc(-c2cccc(Cl)c2Br)s1. The van der Waals surface area contributed by atoms with Gasteiger partial charge >= 0.3 is 0 Å². The molecule has 4 heteroatoms. The first-order chi connectivity index (χ1) is 8.22.